The normalized spacial score (nSPS) is 13.1. The fourth-order valence-corrected chi connectivity index (χ4v) is 4.70. The predicted octanol–water partition coefficient (Wildman–Crippen LogP) is 6.19. The Kier molecular flexibility index (Phi) is 8.54. The topological polar surface area (TPSA) is 91.8 Å². The van der Waals surface area contributed by atoms with E-state index in [1.54, 1.807) is 42.5 Å². The first kappa shape index (κ1) is 27.8. The highest BCUT2D eigenvalue weighted by Gasteiger charge is 2.26. The number of carbonyl (C=O) groups excluding carboxylic acids is 1. The Morgan fingerprint density at radius 2 is 1.78 bits per heavy atom. The zero-order chi connectivity index (χ0) is 28.8. The van der Waals surface area contributed by atoms with Gasteiger partial charge in [0.25, 0.3) is 0 Å². The number of halogens is 2. The van der Waals surface area contributed by atoms with Gasteiger partial charge in [0, 0.05) is 44.1 Å². The summed E-state index contributed by atoms with van der Waals surface area (Å²) in [6.07, 6.45) is 2.19. The maximum absolute atomic E-state index is 13.7. The number of nitrogens with one attached hydrogen (secondary N) is 2. The van der Waals surface area contributed by atoms with E-state index in [9.17, 15) is 13.6 Å². The number of hydrogen-bond donors (Lipinski definition) is 2. The first-order chi connectivity index (χ1) is 19.9. The summed E-state index contributed by atoms with van der Waals surface area (Å²) in [5.74, 6) is 0.812. The molecule has 1 aliphatic heterocycles. The number of ether oxygens (including phenoxy) is 2. The van der Waals surface area contributed by atoms with Gasteiger partial charge >= 0.3 is 12.7 Å². The number of aromatic nitrogens is 2. The van der Waals surface area contributed by atoms with Crippen molar-refractivity contribution >= 4 is 34.7 Å². The summed E-state index contributed by atoms with van der Waals surface area (Å²) in [6.45, 7) is 3.59. The van der Waals surface area contributed by atoms with E-state index in [1.165, 1.54) is 23.5 Å². The van der Waals surface area contributed by atoms with Crippen molar-refractivity contribution in [2.75, 3.05) is 41.3 Å². The Labute approximate surface area is 236 Å². The quantitative estimate of drug-likeness (QED) is 0.264. The molecule has 1 saturated heterocycles. The monoisotopic (exact) mass is 560 g/mol. The Morgan fingerprint density at radius 1 is 1.02 bits per heavy atom. The van der Waals surface area contributed by atoms with Crippen LogP contribution in [0.2, 0.25) is 0 Å². The number of rotatable bonds is 8. The second kappa shape index (κ2) is 12.6. The van der Waals surface area contributed by atoms with E-state index in [-0.39, 0.29) is 5.75 Å². The smallest absolute Gasteiger partial charge is 0.425 e. The molecule has 0 radical (unpaired) electrons. The molecule has 11 heteroatoms. The molecule has 1 aromatic heterocycles. The minimum Gasteiger partial charge on any atom is -0.433 e. The van der Waals surface area contributed by atoms with Gasteiger partial charge in [-0.3, -0.25) is 0 Å². The SMILES string of the molecule is Cc1cccc(C)c1OC(=O)N(c1ccncn1)c1ccccc1Nc1ccc(N2CCNCC2)c(OC(F)F)c1. The van der Waals surface area contributed by atoms with Crippen LogP contribution in [0.3, 0.4) is 0 Å². The fraction of sp³-hybridized carbons (Fsp3) is 0.233. The second-order valence-electron chi connectivity index (χ2n) is 9.43. The number of para-hydroxylation sites is 3. The Hall–Kier alpha value is -4.77. The van der Waals surface area contributed by atoms with E-state index in [0.717, 1.165) is 24.2 Å². The third-order valence-electron chi connectivity index (χ3n) is 6.63. The molecule has 0 spiro atoms. The number of alkyl halides is 2. The summed E-state index contributed by atoms with van der Waals surface area (Å²) in [4.78, 5) is 25.3. The minimum absolute atomic E-state index is 0.0616. The van der Waals surface area contributed by atoms with Gasteiger partial charge in [0.1, 0.15) is 17.9 Å². The average Bonchev–Trinajstić information content (AvgIpc) is 2.97. The number of benzene rings is 3. The molecule has 0 saturated carbocycles. The van der Waals surface area contributed by atoms with E-state index in [4.69, 9.17) is 9.47 Å². The van der Waals surface area contributed by atoms with Crippen LogP contribution in [-0.2, 0) is 0 Å². The molecule has 5 rings (SSSR count). The summed E-state index contributed by atoms with van der Waals surface area (Å²) < 4.78 is 37.5. The van der Waals surface area contributed by atoms with Crippen molar-refractivity contribution in [1.29, 1.82) is 0 Å². The summed E-state index contributed by atoms with van der Waals surface area (Å²) >= 11 is 0. The van der Waals surface area contributed by atoms with Crippen molar-refractivity contribution in [3.63, 3.8) is 0 Å². The minimum atomic E-state index is -2.98. The van der Waals surface area contributed by atoms with Crippen LogP contribution >= 0.6 is 0 Å². The molecule has 41 heavy (non-hydrogen) atoms. The lowest BCUT2D eigenvalue weighted by molar-refractivity contribution is -0.0494. The van der Waals surface area contributed by atoms with Crippen LogP contribution in [-0.4, -0.2) is 48.9 Å². The molecule has 1 amide bonds. The van der Waals surface area contributed by atoms with E-state index in [1.807, 2.05) is 36.9 Å². The van der Waals surface area contributed by atoms with Crippen molar-refractivity contribution in [1.82, 2.24) is 15.3 Å². The van der Waals surface area contributed by atoms with Crippen LogP contribution < -0.4 is 29.9 Å². The molecule has 2 N–H and O–H groups in total. The van der Waals surface area contributed by atoms with E-state index < -0.39 is 12.7 Å². The molecule has 0 atom stereocenters. The van der Waals surface area contributed by atoms with Gasteiger partial charge in [-0.2, -0.15) is 8.78 Å². The highest BCUT2D eigenvalue weighted by Crippen LogP contribution is 2.38. The molecular formula is C30H30F2N6O3. The van der Waals surface area contributed by atoms with Gasteiger partial charge in [0.05, 0.1) is 17.1 Å². The third kappa shape index (κ3) is 6.52. The van der Waals surface area contributed by atoms with Crippen LogP contribution in [0, 0.1) is 13.8 Å². The van der Waals surface area contributed by atoms with Crippen LogP contribution in [0.4, 0.5) is 42.1 Å². The lowest BCUT2D eigenvalue weighted by Gasteiger charge is -2.31. The highest BCUT2D eigenvalue weighted by molar-refractivity contribution is 6.00. The summed E-state index contributed by atoms with van der Waals surface area (Å²) in [6, 6.07) is 19.4. The van der Waals surface area contributed by atoms with E-state index in [0.29, 0.717) is 47.4 Å². The van der Waals surface area contributed by atoms with Crippen LogP contribution in [0.1, 0.15) is 11.1 Å². The van der Waals surface area contributed by atoms with Gasteiger partial charge < -0.3 is 25.0 Å². The van der Waals surface area contributed by atoms with Crippen LogP contribution in [0.5, 0.6) is 11.5 Å². The number of amides is 1. The number of aryl methyl sites for hydroxylation is 2. The number of piperazine rings is 1. The largest absolute Gasteiger partial charge is 0.433 e. The van der Waals surface area contributed by atoms with Crippen molar-refractivity contribution < 1.29 is 23.0 Å². The average molecular weight is 561 g/mol. The van der Waals surface area contributed by atoms with Gasteiger partial charge in [0.15, 0.2) is 5.75 Å². The molecule has 3 aromatic carbocycles. The molecule has 2 heterocycles. The summed E-state index contributed by atoms with van der Waals surface area (Å²) in [5.41, 5.74) is 3.66. The van der Waals surface area contributed by atoms with Crippen molar-refractivity contribution in [3.8, 4) is 11.5 Å². The van der Waals surface area contributed by atoms with Gasteiger partial charge in [-0.05, 0) is 55.3 Å². The lowest BCUT2D eigenvalue weighted by Crippen LogP contribution is -2.43. The Bertz CT molecular complexity index is 1480. The molecule has 1 fully saturated rings. The van der Waals surface area contributed by atoms with Crippen molar-refractivity contribution in [3.05, 3.63) is 90.4 Å². The standard InChI is InChI=1S/C30H30F2N6O3/c1-20-6-5-7-21(2)28(20)41-30(39)38(27-12-13-34-19-35-27)24-9-4-3-8-23(24)36-22-10-11-25(26(18-22)40-29(31)32)37-16-14-33-15-17-37/h3-13,18-19,29,33,36H,14-17H2,1-2H3. The second-order valence-corrected chi connectivity index (χ2v) is 9.43. The number of hydrogen-bond acceptors (Lipinski definition) is 8. The molecule has 0 unspecified atom stereocenters. The highest BCUT2D eigenvalue weighted by atomic mass is 19.3. The third-order valence-corrected chi connectivity index (χ3v) is 6.63. The lowest BCUT2D eigenvalue weighted by atomic mass is 10.1. The molecule has 212 valence electrons. The van der Waals surface area contributed by atoms with Gasteiger partial charge in [0.2, 0.25) is 0 Å². The van der Waals surface area contributed by atoms with Gasteiger partial charge in [-0.25, -0.2) is 19.7 Å². The maximum Gasteiger partial charge on any atom is 0.425 e. The molecule has 0 bridgehead atoms. The first-order valence-corrected chi connectivity index (χ1v) is 13.2. The van der Waals surface area contributed by atoms with Gasteiger partial charge in [-0.1, -0.05) is 30.3 Å². The maximum atomic E-state index is 13.7. The van der Waals surface area contributed by atoms with Crippen LogP contribution in [0.25, 0.3) is 0 Å². The van der Waals surface area contributed by atoms with Crippen molar-refractivity contribution in [2.45, 2.75) is 20.5 Å². The zero-order valence-electron chi connectivity index (χ0n) is 22.7. The molecule has 1 aliphatic rings. The number of carbonyl (C=O) groups is 1. The Balaban J connectivity index is 1.50. The number of nitrogens with zero attached hydrogens (tertiary/aromatic N) is 4. The van der Waals surface area contributed by atoms with E-state index >= 15 is 0 Å². The van der Waals surface area contributed by atoms with E-state index in [2.05, 4.69) is 20.6 Å². The zero-order valence-corrected chi connectivity index (χ0v) is 22.7. The number of anilines is 5. The molecule has 9 nitrogen and oxygen atoms in total. The Morgan fingerprint density at radius 3 is 2.49 bits per heavy atom. The molecular weight excluding hydrogens is 530 g/mol. The van der Waals surface area contributed by atoms with Gasteiger partial charge in [-0.15, -0.1) is 0 Å². The molecule has 0 aliphatic carbocycles. The van der Waals surface area contributed by atoms with Crippen LogP contribution in [0.15, 0.2) is 79.3 Å². The fourth-order valence-electron chi connectivity index (χ4n) is 4.70. The first-order valence-electron chi connectivity index (χ1n) is 13.2. The van der Waals surface area contributed by atoms with Crippen molar-refractivity contribution in [2.24, 2.45) is 0 Å². The summed E-state index contributed by atoms with van der Waals surface area (Å²) in [5, 5.41) is 6.51. The predicted molar refractivity (Wildman–Crippen MR) is 154 cm³/mol. The molecule has 4 aromatic rings. The summed E-state index contributed by atoms with van der Waals surface area (Å²) in [7, 11) is 0.